The van der Waals surface area contributed by atoms with Crippen molar-refractivity contribution in [1.29, 1.82) is 0 Å². The lowest BCUT2D eigenvalue weighted by Crippen LogP contribution is -2.47. The number of benzene rings is 1. The van der Waals surface area contributed by atoms with Crippen molar-refractivity contribution in [2.75, 3.05) is 6.54 Å². The standard InChI is InChI=1S/C16H20FN3O3/c17-11-3-1-4-12-15(11)16(23)20(9-19-12)8-10(21)7-13-14(22)5-2-6-18-13/h1,3-4,9-10,13-14,18,21-22H,2,5-8H2/t10?,13-,14+/m1/s1. The molecule has 0 bridgehead atoms. The molecule has 3 rings (SSSR count). The minimum atomic E-state index is -0.830. The summed E-state index contributed by atoms with van der Waals surface area (Å²) in [6, 6.07) is 4.09. The van der Waals surface area contributed by atoms with Crippen LogP contribution in [0.1, 0.15) is 19.3 Å². The lowest BCUT2D eigenvalue weighted by molar-refractivity contribution is 0.0539. The number of hydrogen-bond donors (Lipinski definition) is 3. The lowest BCUT2D eigenvalue weighted by Gasteiger charge is -2.30. The number of fused-ring (bicyclic) bond motifs is 1. The monoisotopic (exact) mass is 321 g/mol. The van der Waals surface area contributed by atoms with Gasteiger partial charge in [-0.05, 0) is 37.9 Å². The van der Waals surface area contributed by atoms with Crippen LogP contribution < -0.4 is 10.9 Å². The second-order valence-corrected chi connectivity index (χ2v) is 6.00. The number of nitrogens with zero attached hydrogens (tertiary/aromatic N) is 2. The second kappa shape index (κ2) is 6.74. The number of nitrogens with one attached hydrogen (secondary N) is 1. The highest BCUT2D eigenvalue weighted by Crippen LogP contribution is 2.14. The molecule has 7 heteroatoms. The van der Waals surface area contributed by atoms with Crippen LogP contribution >= 0.6 is 0 Å². The van der Waals surface area contributed by atoms with Gasteiger partial charge in [0.2, 0.25) is 0 Å². The van der Waals surface area contributed by atoms with Crippen LogP contribution in [-0.4, -0.2) is 44.6 Å². The van der Waals surface area contributed by atoms with E-state index in [-0.39, 0.29) is 18.0 Å². The Morgan fingerprint density at radius 2 is 2.30 bits per heavy atom. The average Bonchev–Trinajstić information content (AvgIpc) is 2.52. The third kappa shape index (κ3) is 3.41. The summed E-state index contributed by atoms with van der Waals surface area (Å²) in [7, 11) is 0. The maximum atomic E-state index is 13.8. The highest BCUT2D eigenvalue weighted by molar-refractivity contribution is 5.77. The Morgan fingerprint density at radius 1 is 1.48 bits per heavy atom. The first kappa shape index (κ1) is 16.0. The Kier molecular flexibility index (Phi) is 4.70. The summed E-state index contributed by atoms with van der Waals surface area (Å²) in [5, 5.41) is 23.2. The number of halogens is 1. The first-order valence-electron chi connectivity index (χ1n) is 7.79. The van der Waals surface area contributed by atoms with Gasteiger partial charge in [-0.15, -0.1) is 0 Å². The van der Waals surface area contributed by atoms with Crippen LogP contribution in [-0.2, 0) is 6.54 Å². The third-order valence-electron chi connectivity index (χ3n) is 4.28. The van der Waals surface area contributed by atoms with Gasteiger partial charge in [0.25, 0.3) is 5.56 Å². The normalized spacial score (nSPS) is 23.1. The van der Waals surface area contributed by atoms with Crippen molar-refractivity contribution in [2.45, 2.75) is 44.1 Å². The highest BCUT2D eigenvalue weighted by Gasteiger charge is 2.25. The summed E-state index contributed by atoms with van der Waals surface area (Å²) in [5.41, 5.74) is -0.214. The SMILES string of the molecule is O=c1c2c(F)cccc2ncn1CC(O)C[C@H]1NCCC[C@@H]1O. The molecule has 0 spiro atoms. The maximum absolute atomic E-state index is 13.8. The summed E-state index contributed by atoms with van der Waals surface area (Å²) >= 11 is 0. The van der Waals surface area contributed by atoms with Crippen LogP contribution in [0.5, 0.6) is 0 Å². The van der Waals surface area contributed by atoms with Crippen molar-refractivity contribution in [3.63, 3.8) is 0 Å². The molecule has 2 heterocycles. The van der Waals surface area contributed by atoms with Crippen LogP contribution in [0.3, 0.4) is 0 Å². The number of aliphatic hydroxyl groups excluding tert-OH is 2. The van der Waals surface area contributed by atoms with Crippen molar-refractivity contribution in [2.24, 2.45) is 0 Å². The molecule has 0 aliphatic carbocycles. The molecule has 124 valence electrons. The smallest absolute Gasteiger partial charge is 0.264 e. The molecular formula is C16H20FN3O3. The fraction of sp³-hybridized carbons (Fsp3) is 0.500. The van der Waals surface area contributed by atoms with Gasteiger partial charge >= 0.3 is 0 Å². The van der Waals surface area contributed by atoms with Crippen molar-refractivity contribution < 1.29 is 14.6 Å². The van der Waals surface area contributed by atoms with E-state index in [1.54, 1.807) is 6.07 Å². The quantitative estimate of drug-likeness (QED) is 0.759. The van der Waals surface area contributed by atoms with Gasteiger partial charge < -0.3 is 15.5 Å². The van der Waals surface area contributed by atoms with Crippen molar-refractivity contribution in [3.05, 3.63) is 40.7 Å². The fourth-order valence-corrected chi connectivity index (χ4v) is 3.06. The Balaban J connectivity index is 1.77. The fourth-order valence-electron chi connectivity index (χ4n) is 3.06. The Labute approximate surface area is 132 Å². The summed E-state index contributed by atoms with van der Waals surface area (Å²) in [6.45, 7) is 0.818. The molecule has 23 heavy (non-hydrogen) atoms. The van der Waals surface area contributed by atoms with Gasteiger partial charge in [0.1, 0.15) is 11.2 Å². The molecule has 3 atom stereocenters. The minimum Gasteiger partial charge on any atom is -0.392 e. The zero-order valence-corrected chi connectivity index (χ0v) is 12.7. The first-order valence-corrected chi connectivity index (χ1v) is 7.79. The van der Waals surface area contributed by atoms with E-state index in [1.807, 2.05) is 0 Å². The van der Waals surface area contributed by atoms with Crippen LogP contribution in [0.15, 0.2) is 29.3 Å². The number of aliphatic hydroxyl groups is 2. The van der Waals surface area contributed by atoms with E-state index in [0.717, 1.165) is 13.0 Å². The van der Waals surface area contributed by atoms with E-state index in [9.17, 15) is 19.4 Å². The summed E-state index contributed by atoms with van der Waals surface area (Å²) in [5.74, 6) is -0.617. The summed E-state index contributed by atoms with van der Waals surface area (Å²) in [4.78, 5) is 16.4. The molecule has 6 nitrogen and oxygen atoms in total. The number of aromatic nitrogens is 2. The zero-order chi connectivity index (χ0) is 16.4. The Bertz CT molecular complexity index is 749. The van der Waals surface area contributed by atoms with Crippen LogP contribution in [0, 0.1) is 5.82 Å². The van der Waals surface area contributed by atoms with Gasteiger partial charge in [0, 0.05) is 6.04 Å². The van der Waals surface area contributed by atoms with E-state index in [4.69, 9.17) is 0 Å². The Morgan fingerprint density at radius 3 is 3.09 bits per heavy atom. The molecule has 1 aromatic carbocycles. The van der Waals surface area contributed by atoms with Crippen molar-refractivity contribution in [3.8, 4) is 0 Å². The minimum absolute atomic E-state index is 0.0149. The molecule has 3 N–H and O–H groups in total. The molecule has 1 fully saturated rings. The first-order chi connectivity index (χ1) is 11.1. The molecule has 1 unspecified atom stereocenters. The van der Waals surface area contributed by atoms with E-state index in [2.05, 4.69) is 10.3 Å². The zero-order valence-electron chi connectivity index (χ0n) is 12.7. The second-order valence-electron chi connectivity index (χ2n) is 6.00. The van der Waals surface area contributed by atoms with Crippen LogP contribution in [0.25, 0.3) is 10.9 Å². The van der Waals surface area contributed by atoms with Crippen LogP contribution in [0.4, 0.5) is 4.39 Å². The maximum Gasteiger partial charge on any atom is 0.264 e. The molecule has 0 radical (unpaired) electrons. The highest BCUT2D eigenvalue weighted by atomic mass is 19.1. The molecule has 1 aliphatic heterocycles. The predicted octanol–water partition coefficient (Wildman–Crippen LogP) is 0.400. The van der Waals surface area contributed by atoms with E-state index in [1.165, 1.54) is 23.0 Å². The number of hydrogen-bond acceptors (Lipinski definition) is 5. The molecule has 1 aliphatic rings. The molecular weight excluding hydrogens is 301 g/mol. The molecule has 1 saturated heterocycles. The Hall–Kier alpha value is -1.83. The summed E-state index contributed by atoms with van der Waals surface area (Å²) in [6.07, 6.45) is 1.92. The van der Waals surface area contributed by atoms with Gasteiger partial charge in [0.05, 0.1) is 30.6 Å². The van der Waals surface area contributed by atoms with E-state index in [0.29, 0.717) is 18.4 Å². The van der Waals surface area contributed by atoms with Crippen molar-refractivity contribution >= 4 is 10.9 Å². The third-order valence-corrected chi connectivity index (χ3v) is 4.28. The van der Waals surface area contributed by atoms with Gasteiger partial charge in [-0.2, -0.15) is 0 Å². The van der Waals surface area contributed by atoms with Gasteiger partial charge in [-0.25, -0.2) is 9.37 Å². The van der Waals surface area contributed by atoms with Gasteiger partial charge in [-0.1, -0.05) is 6.07 Å². The molecule has 0 amide bonds. The average molecular weight is 321 g/mol. The van der Waals surface area contributed by atoms with Crippen LogP contribution in [0.2, 0.25) is 0 Å². The van der Waals surface area contributed by atoms with E-state index >= 15 is 0 Å². The van der Waals surface area contributed by atoms with Gasteiger partial charge in [-0.3, -0.25) is 9.36 Å². The van der Waals surface area contributed by atoms with Gasteiger partial charge in [0.15, 0.2) is 0 Å². The molecule has 0 saturated carbocycles. The van der Waals surface area contributed by atoms with E-state index < -0.39 is 23.6 Å². The van der Waals surface area contributed by atoms with Crippen molar-refractivity contribution in [1.82, 2.24) is 14.9 Å². The predicted molar refractivity (Wildman–Crippen MR) is 83.6 cm³/mol. The largest absolute Gasteiger partial charge is 0.392 e. The molecule has 2 aromatic rings. The summed E-state index contributed by atoms with van der Waals surface area (Å²) < 4.78 is 15.0. The molecule has 1 aromatic heterocycles. The lowest BCUT2D eigenvalue weighted by atomic mass is 9.96. The topological polar surface area (TPSA) is 87.4 Å². The number of piperidine rings is 1. The number of rotatable bonds is 4.